The minimum atomic E-state index is -0.821. The molecular formula is C9H12N2O2. The Hall–Kier alpha value is -1.08. The van der Waals surface area contributed by atoms with Crippen LogP contribution in [0, 0.1) is 28.6 Å². The molecule has 2 aliphatic rings. The van der Waals surface area contributed by atoms with Crippen molar-refractivity contribution in [3.05, 3.63) is 0 Å². The Morgan fingerprint density at radius 2 is 2.38 bits per heavy atom. The summed E-state index contributed by atoms with van der Waals surface area (Å²) in [5.74, 6) is 0.0738. The summed E-state index contributed by atoms with van der Waals surface area (Å²) in [6.45, 7) is 3.65. The Morgan fingerprint density at radius 1 is 1.69 bits per heavy atom. The molecule has 2 rings (SSSR count). The summed E-state index contributed by atoms with van der Waals surface area (Å²) >= 11 is 0. The van der Waals surface area contributed by atoms with Crippen molar-refractivity contribution >= 4 is 5.91 Å². The standard InChI is InChI=1S/C9H12N2O2/c1-6-2-11-8(12)9(6,5-10)7-3-13-4-7/h6-7H,2-4H2,1H3,(H,11,12)/t6-,9+/m1/s1. The highest BCUT2D eigenvalue weighted by atomic mass is 16.5. The first-order valence-electron chi connectivity index (χ1n) is 4.49. The maximum absolute atomic E-state index is 11.6. The summed E-state index contributed by atoms with van der Waals surface area (Å²) in [5, 5.41) is 11.9. The van der Waals surface area contributed by atoms with Crippen LogP contribution < -0.4 is 5.32 Å². The summed E-state index contributed by atoms with van der Waals surface area (Å²) < 4.78 is 5.04. The molecule has 13 heavy (non-hydrogen) atoms. The molecule has 1 amide bonds. The van der Waals surface area contributed by atoms with Gasteiger partial charge in [-0.3, -0.25) is 4.79 Å². The van der Waals surface area contributed by atoms with E-state index in [0.29, 0.717) is 19.8 Å². The Bertz CT molecular complexity index is 280. The fourth-order valence-electron chi connectivity index (χ4n) is 2.12. The lowest BCUT2D eigenvalue weighted by molar-refractivity contribution is -0.141. The van der Waals surface area contributed by atoms with Gasteiger partial charge >= 0.3 is 0 Å². The van der Waals surface area contributed by atoms with Gasteiger partial charge in [0.15, 0.2) is 0 Å². The van der Waals surface area contributed by atoms with Gasteiger partial charge in [0.2, 0.25) is 5.91 Å². The first kappa shape index (κ1) is 8.52. The summed E-state index contributed by atoms with van der Waals surface area (Å²) in [6.07, 6.45) is 0. The van der Waals surface area contributed by atoms with E-state index in [4.69, 9.17) is 10.00 Å². The third-order valence-corrected chi connectivity index (χ3v) is 3.19. The van der Waals surface area contributed by atoms with E-state index in [9.17, 15) is 4.79 Å². The highest BCUT2D eigenvalue weighted by molar-refractivity contribution is 5.88. The first-order valence-corrected chi connectivity index (χ1v) is 4.49. The predicted octanol–water partition coefficient (Wildman–Crippen LogP) is -0.0913. The van der Waals surface area contributed by atoms with Crippen molar-refractivity contribution in [3.8, 4) is 6.07 Å². The van der Waals surface area contributed by atoms with E-state index in [1.165, 1.54) is 0 Å². The van der Waals surface area contributed by atoms with E-state index in [2.05, 4.69) is 11.4 Å². The minimum Gasteiger partial charge on any atom is -0.381 e. The normalized spacial score (nSPS) is 39.4. The van der Waals surface area contributed by atoms with Crippen molar-refractivity contribution in [1.29, 1.82) is 5.26 Å². The number of carbonyl (C=O) groups excluding carboxylic acids is 1. The minimum absolute atomic E-state index is 0.0926. The highest BCUT2D eigenvalue weighted by Crippen LogP contribution is 2.42. The predicted molar refractivity (Wildman–Crippen MR) is 44.5 cm³/mol. The number of carbonyl (C=O) groups is 1. The molecule has 4 nitrogen and oxygen atoms in total. The van der Waals surface area contributed by atoms with E-state index in [1.807, 2.05) is 6.92 Å². The lowest BCUT2D eigenvalue weighted by atomic mass is 9.68. The van der Waals surface area contributed by atoms with Crippen LogP contribution in [-0.2, 0) is 9.53 Å². The molecular weight excluding hydrogens is 168 g/mol. The molecule has 0 saturated carbocycles. The topological polar surface area (TPSA) is 62.1 Å². The Morgan fingerprint density at radius 3 is 2.69 bits per heavy atom. The number of rotatable bonds is 1. The third-order valence-electron chi connectivity index (χ3n) is 3.19. The number of nitrogens with one attached hydrogen (secondary N) is 1. The molecule has 1 N–H and O–H groups in total. The van der Waals surface area contributed by atoms with Gasteiger partial charge in [-0.2, -0.15) is 5.26 Å². The lowest BCUT2D eigenvalue weighted by Gasteiger charge is -2.37. The number of amides is 1. The van der Waals surface area contributed by atoms with Crippen LogP contribution >= 0.6 is 0 Å². The Balaban J connectivity index is 2.32. The van der Waals surface area contributed by atoms with Crippen LogP contribution in [0.15, 0.2) is 0 Å². The van der Waals surface area contributed by atoms with Crippen LogP contribution in [0.5, 0.6) is 0 Å². The van der Waals surface area contributed by atoms with Gasteiger partial charge in [0, 0.05) is 18.4 Å². The van der Waals surface area contributed by atoms with E-state index in [1.54, 1.807) is 0 Å². The molecule has 0 aliphatic carbocycles. The van der Waals surface area contributed by atoms with Gasteiger partial charge in [-0.25, -0.2) is 0 Å². The lowest BCUT2D eigenvalue weighted by Crippen LogP contribution is -2.49. The zero-order valence-electron chi connectivity index (χ0n) is 7.54. The van der Waals surface area contributed by atoms with Crippen LogP contribution in [0.2, 0.25) is 0 Å². The number of ether oxygens (including phenoxy) is 1. The molecule has 0 aromatic heterocycles. The van der Waals surface area contributed by atoms with E-state index in [0.717, 1.165) is 0 Å². The van der Waals surface area contributed by atoms with Crippen molar-refractivity contribution in [3.63, 3.8) is 0 Å². The molecule has 0 bridgehead atoms. The number of nitrogens with zero attached hydrogens (tertiary/aromatic N) is 1. The van der Waals surface area contributed by atoms with Gasteiger partial charge in [-0.1, -0.05) is 6.92 Å². The van der Waals surface area contributed by atoms with Crippen LogP contribution in [0.3, 0.4) is 0 Å². The average molecular weight is 180 g/mol. The highest BCUT2D eigenvalue weighted by Gasteiger charge is 2.56. The first-order chi connectivity index (χ1) is 6.21. The molecule has 0 aromatic rings. The zero-order chi connectivity index (χ0) is 9.47. The van der Waals surface area contributed by atoms with Gasteiger partial charge in [0.25, 0.3) is 0 Å². The molecule has 0 unspecified atom stereocenters. The molecule has 2 aliphatic heterocycles. The molecule has 2 saturated heterocycles. The van der Waals surface area contributed by atoms with Crippen LogP contribution in [-0.4, -0.2) is 25.7 Å². The fourth-order valence-corrected chi connectivity index (χ4v) is 2.12. The Kier molecular flexibility index (Phi) is 1.77. The second-order valence-corrected chi connectivity index (χ2v) is 3.83. The molecule has 2 heterocycles. The third kappa shape index (κ3) is 0.909. The quantitative estimate of drug-likeness (QED) is 0.613. The zero-order valence-corrected chi connectivity index (χ0v) is 7.54. The maximum Gasteiger partial charge on any atom is 0.241 e. The van der Waals surface area contributed by atoms with Crippen molar-refractivity contribution in [2.45, 2.75) is 6.92 Å². The van der Waals surface area contributed by atoms with Gasteiger partial charge in [-0.05, 0) is 0 Å². The van der Waals surface area contributed by atoms with Crippen LogP contribution in [0.25, 0.3) is 0 Å². The molecule has 2 fully saturated rings. The molecule has 2 atom stereocenters. The van der Waals surface area contributed by atoms with Crippen LogP contribution in [0.4, 0.5) is 0 Å². The number of nitriles is 1. The van der Waals surface area contributed by atoms with E-state index < -0.39 is 5.41 Å². The van der Waals surface area contributed by atoms with Gasteiger partial charge in [-0.15, -0.1) is 0 Å². The maximum atomic E-state index is 11.6. The van der Waals surface area contributed by atoms with Crippen molar-refractivity contribution < 1.29 is 9.53 Å². The van der Waals surface area contributed by atoms with E-state index >= 15 is 0 Å². The van der Waals surface area contributed by atoms with Gasteiger partial charge < -0.3 is 10.1 Å². The van der Waals surface area contributed by atoms with Crippen molar-refractivity contribution in [2.24, 2.45) is 17.3 Å². The van der Waals surface area contributed by atoms with E-state index in [-0.39, 0.29) is 17.7 Å². The van der Waals surface area contributed by atoms with Crippen molar-refractivity contribution in [1.82, 2.24) is 5.32 Å². The van der Waals surface area contributed by atoms with Gasteiger partial charge in [0.05, 0.1) is 19.3 Å². The van der Waals surface area contributed by atoms with Gasteiger partial charge in [0.1, 0.15) is 5.41 Å². The second kappa shape index (κ2) is 2.71. The fraction of sp³-hybridized carbons (Fsp3) is 0.778. The Labute approximate surface area is 76.9 Å². The SMILES string of the molecule is C[C@@H]1CNC(=O)[C@]1(C#N)C1COC1. The molecule has 0 spiro atoms. The van der Waals surface area contributed by atoms with Crippen LogP contribution in [0.1, 0.15) is 6.92 Å². The molecule has 4 heteroatoms. The number of hydrogen-bond acceptors (Lipinski definition) is 3. The summed E-state index contributed by atoms with van der Waals surface area (Å²) in [7, 11) is 0. The smallest absolute Gasteiger partial charge is 0.241 e. The summed E-state index contributed by atoms with van der Waals surface area (Å²) in [4.78, 5) is 11.6. The summed E-state index contributed by atoms with van der Waals surface area (Å²) in [5.41, 5.74) is -0.821. The number of hydrogen-bond donors (Lipinski definition) is 1. The molecule has 70 valence electrons. The average Bonchev–Trinajstić information content (AvgIpc) is 2.30. The largest absolute Gasteiger partial charge is 0.381 e. The molecule has 0 radical (unpaired) electrons. The second-order valence-electron chi connectivity index (χ2n) is 3.83. The monoisotopic (exact) mass is 180 g/mol. The summed E-state index contributed by atoms with van der Waals surface area (Å²) in [6, 6.07) is 2.19. The van der Waals surface area contributed by atoms with Crippen molar-refractivity contribution in [2.75, 3.05) is 19.8 Å². The molecule has 0 aromatic carbocycles.